The van der Waals surface area contributed by atoms with Crippen molar-refractivity contribution in [1.82, 2.24) is 10.3 Å². The molecule has 0 aliphatic heterocycles. The number of nitrogens with zero attached hydrogens (tertiary/aromatic N) is 2. The van der Waals surface area contributed by atoms with E-state index in [-0.39, 0.29) is 5.91 Å². The van der Waals surface area contributed by atoms with Crippen LogP contribution in [-0.2, 0) is 0 Å². The van der Waals surface area contributed by atoms with Crippen LogP contribution < -0.4 is 5.32 Å². The molecule has 0 saturated heterocycles. The van der Waals surface area contributed by atoms with Gasteiger partial charge in [0.15, 0.2) is 0 Å². The van der Waals surface area contributed by atoms with Crippen LogP contribution >= 0.6 is 0 Å². The minimum atomic E-state index is -0.0811. The average molecular weight is 217 g/mol. The third-order valence-corrected chi connectivity index (χ3v) is 2.16. The summed E-state index contributed by atoms with van der Waals surface area (Å²) in [5.41, 5.74) is 1.46. The zero-order chi connectivity index (χ0) is 11.8. The summed E-state index contributed by atoms with van der Waals surface area (Å²) in [4.78, 5) is 15.7. The number of unbranched alkanes of at least 4 members (excludes halogenated alkanes) is 2. The van der Waals surface area contributed by atoms with Gasteiger partial charge < -0.3 is 5.32 Å². The molecule has 0 aromatic carbocycles. The molecule has 4 heteroatoms. The molecule has 16 heavy (non-hydrogen) atoms. The van der Waals surface area contributed by atoms with E-state index in [4.69, 9.17) is 5.26 Å². The van der Waals surface area contributed by atoms with Gasteiger partial charge >= 0.3 is 0 Å². The van der Waals surface area contributed by atoms with Gasteiger partial charge in [0, 0.05) is 30.4 Å². The lowest BCUT2D eigenvalue weighted by Gasteiger charge is -2.04. The second-order valence-corrected chi connectivity index (χ2v) is 3.56. The molecule has 84 valence electrons. The highest BCUT2D eigenvalue weighted by atomic mass is 16.1. The van der Waals surface area contributed by atoms with E-state index in [9.17, 15) is 4.79 Å². The van der Waals surface area contributed by atoms with E-state index >= 15 is 0 Å². The molecule has 1 aromatic heterocycles. The van der Waals surface area contributed by atoms with Crippen molar-refractivity contribution in [2.24, 2.45) is 0 Å². The summed E-state index contributed by atoms with van der Waals surface area (Å²) in [5.74, 6) is -0.0811. The molecule has 0 atom stereocenters. The highest BCUT2D eigenvalue weighted by Gasteiger charge is 2.04. The maximum atomic E-state index is 11.6. The van der Waals surface area contributed by atoms with Crippen molar-refractivity contribution >= 4 is 5.91 Å². The standard InChI is InChI=1S/C12H15N3O/c1-10-9-11(5-8-14-10)12(16)15-7-4-2-3-6-13/h5,8-9H,2-4,7H2,1H3,(H,15,16). The van der Waals surface area contributed by atoms with E-state index in [1.807, 2.05) is 6.92 Å². The molecule has 0 spiro atoms. The van der Waals surface area contributed by atoms with E-state index < -0.39 is 0 Å². The van der Waals surface area contributed by atoms with Crippen LogP contribution in [0.4, 0.5) is 0 Å². The van der Waals surface area contributed by atoms with Crippen molar-refractivity contribution in [2.45, 2.75) is 26.2 Å². The number of aromatic nitrogens is 1. The first kappa shape index (κ1) is 12.2. The van der Waals surface area contributed by atoms with Gasteiger partial charge in [-0.3, -0.25) is 9.78 Å². The number of carbonyl (C=O) groups excluding carboxylic acids is 1. The van der Waals surface area contributed by atoms with Crippen LogP contribution in [0.25, 0.3) is 0 Å². The summed E-state index contributed by atoms with van der Waals surface area (Å²) >= 11 is 0. The zero-order valence-electron chi connectivity index (χ0n) is 9.36. The molecule has 0 bridgehead atoms. The summed E-state index contributed by atoms with van der Waals surface area (Å²) in [5, 5.41) is 11.1. The number of aryl methyl sites for hydroxylation is 1. The van der Waals surface area contributed by atoms with Gasteiger partial charge in [0.25, 0.3) is 5.91 Å². The fourth-order valence-corrected chi connectivity index (χ4v) is 1.32. The molecule has 4 nitrogen and oxygen atoms in total. The maximum absolute atomic E-state index is 11.6. The third-order valence-electron chi connectivity index (χ3n) is 2.16. The van der Waals surface area contributed by atoms with Gasteiger partial charge in [0.2, 0.25) is 0 Å². The minimum absolute atomic E-state index is 0.0811. The number of hydrogen-bond acceptors (Lipinski definition) is 3. The second kappa shape index (κ2) is 6.57. The first-order valence-electron chi connectivity index (χ1n) is 5.32. The predicted octanol–water partition coefficient (Wildman–Crippen LogP) is 1.81. The Hall–Kier alpha value is -1.89. The normalized spacial score (nSPS) is 9.50. The molecule has 1 amide bonds. The first-order chi connectivity index (χ1) is 7.74. The number of nitriles is 1. The van der Waals surface area contributed by atoms with Gasteiger partial charge in [-0.25, -0.2) is 0 Å². The van der Waals surface area contributed by atoms with E-state index in [1.165, 1.54) is 0 Å². The lowest BCUT2D eigenvalue weighted by atomic mass is 10.2. The van der Waals surface area contributed by atoms with E-state index in [1.54, 1.807) is 18.3 Å². The fourth-order valence-electron chi connectivity index (χ4n) is 1.32. The van der Waals surface area contributed by atoms with Gasteiger partial charge in [-0.05, 0) is 31.9 Å². The lowest BCUT2D eigenvalue weighted by Crippen LogP contribution is -2.24. The molecule has 0 unspecified atom stereocenters. The van der Waals surface area contributed by atoms with Gasteiger partial charge in [0.05, 0.1) is 6.07 Å². The maximum Gasteiger partial charge on any atom is 0.251 e. The molecule has 0 fully saturated rings. The molecule has 1 aromatic rings. The van der Waals surface area contributed by atoms with E-state index in [0.29, 0.717) is 18.5 Å². The van der Waals surface area contributed by atoms with Crippen LogP contribution in [0, 0.1) is 18.3 Å². The molecule has 0 radical (unpaired) electrons. The van der Waals surface area contributed by atoms with E-state index in [0.717, 1.165) is 18.5 Å². The molecule has 0 aliphatic rings. The van der Waals surface area contributed by atoms with Crippen molar-refractivity contribution in [3.63, 3.8) is 0 Å². The van der Waals surface area contributed by atoms with Crippen LogP contribution in [-0.4, -0.2) is 17.4 Å². The van der Waals surface area contributed by atoms with Crippen molar-refractivity contribution in [2.75, 3.05) is 6.54 Å². The average Bonchev–Trinajstić information content (AvgIpc) is 2.28. The van der Waals surface area contributed by atoms with Gasteiger partial charge in [-0.1, -0.05) is 0 Å². The summed E-state index contributed by atoms with van der Waals surface area (Å²) in [6.45, 7) is 2.46. The van der Waals surface area contributed by atoms with Gasteiger partial charge in [0.1, 0.15) is 0 Å². The molecule has 0 saturated carbocycles. The first-order valence-corrected chi connectivity index (χ1v) is 5.32. The second-order valence-electron chi connectivity index (χ2n) is 3.56. The number of pyridine rings is 1. The predicted molar refractivity (Wildman–Crippen MR) is 60.8 cm³/mol. The van der Waals surface area contributed by atoms with Crippen LogP contribution in [0.1, 0.15) is 35.3 Å². The third kappa shape index (κ3) is 4.09. The van der Waals surface area contributed by atoms with Crippen molar-refractivity contribution in [3.05, 3.63) is 29.6 Å². The fraction of sp³-hybridized carbons (Fsp3) is 0.417. The lowest BCUT2D eigenvalue weighted by molar-refractivity contribution is 0.0953. The van der Waals surface area contributed by atoms with Gasteiger partial charge in [-0.15, -0.1) is 0 Å². The summed E-state index contributed by atoms with van der Waals surface area (Å²) in [6, 6.07) is 5.52. The Kier molecular flexibility index (Phi) is 5.00. The smallest absolute Gasteiger partial charge is 0.251 e. The molecule has 1 N–H and O–H groups in total. The Labute approximate surface area is 95.3 Å². The van der Waals surface area contributed by atoms with E-state index in [2.05, 4.69) is 16.4 Å². The summed E-state index contributed by atoms with van der Waals surface area (Å²) < 4.78 is 0. The number of hydrogen-bond donors (Lipinski definition) is 1. The highest BCUT2D eigenvalue weighted by Crippen LogP contribution is 2.00. The summed E-state index contributed by atoms with van der Waals surface area (Å²) in [7, 11) is 0. The molecule has 1 rings (SSSR count). The van der Waals surface area contributed by atoms with Crippen LogP contribution in [0.5, 0.6) is 0 Å². The van der Waals surface area contributed by atoms with Gasteiger partial charge in [-0.2, -0.15) is 5.26 Å². The highest BCUT2D eigenvalue weighted by molar-refractivity contribution is 5.94. The van der Waals surface area contributed by atoms with Crippen molar-refractivity contribution < 1.29 is 4.79 Å². The topological polar surface area (TPSA) is 65.8 Å². The van der Waals surface area contributed by atoms with Crippen molar-refractivity contribution in [3.8, 4) is 6.07 Å². The Bertz CT molecular complexity index is 395. The zero-order valence-corrected chi connectivity index (χ0v) is 9.36. The Morgan fingerprint density at radius 3 is 3.06 bits per heavy atom. The van der Waals surface area contributed by atoms with Crippen LogP contribution in [0.3, 0.4) is 0 Å². The SMILES string of the molecule is Cc1cc(C(=O)NCCCCC#N)ccn1. The Morgan fingerprint density at radius 1 is 1.56 bits per heavy atom. The Balaban J connectivity index is 2.33. The quantitative estimate of drug-likeness (QED) is 0.765. The molecular weight excluding hydrogens is 202 g/mol. The minimum Gasteiger partial charge on any atom is -0.352 e. The number of amides is 1. The molecular formula is C12H15N3O. The van der Waals surface area contributed by atoms with Crippen LogP contribution in [0.15, 0.2) is 18.3 Å². The number of nitrogens with one attached hydrogen (secondary N) is 1. The largest absolute Gasteiger partial charge is 0.352 e. The monoisotopic (exact) mass is 217 g/mol. The van der Waals surface area contributed by atoms with Crippen molar-refractivity contribution in [1.29, 1.82) is 5.26 Å². The Morgan fingerprint density at radius 2 is 2.38 bits per heavy atom. The number of carbonyl (C=O) groups is 1. The molecule has 1 heterocycles. The summed E-state index contributed by atoms with van der Waals surface area (Å²) in [6.07, 6.45) is 3.83. The van der Waals surface area contributed by atoms with Crippen LogP contribution in [0.2, 0.25) is 0 Å². The number of rotatable bonds is 5. The molecule has 0 aliphatic carbocycles.